The zero-order valence-electron chi connectivity index (χ0n) is 14.1. The standard InChI is InChI=1S/C17H21N3O4/c1-11-9-23-10-12(2)20(11)16(21)8-15-18-17(19-24-15)13-4-6-14(22-3)7-5-13/h4-7,11-12H,8-10H2,1-3H3. The number of nitrogens with zero attached hydrogens (tertiary/aromatic N) is 3. The SMILES string of the molecule is COc1ccc(-c2noc(CC(=O)N3C(C)COCC3C)n2)cc1. The molecule has 1 amide bonds. The Morgan fingerprint density at radius 3 is 2.54 bits per heavy atom. The van der Waals surface area contributed by atoms with E-state index in [1.165, 1.54) is 0 Å². The van der Waals surface area contributed by atoms with Crippen molar-refractivity contribution in [2.24, 2.45) is 0 Å². The Labute approximate surface area is 140 Å². The van der Waals surface area contributed by atoms with Crippen molar-refractivity contribution in [2.75, 3.05) is 20.3 Å². The smallest absolute Gasteiger partial charge is 0.236 e. The van der Waals surface area contributed by atoms with Gasteiger partial charge in [-0.3, -0.25) is 4.79 Å². The van der Waals surface area contributed by atoms with Gasteiger partial charge in [0.15, 0.2) is 0 Å². The van der Waals surface area contributed by atoms with Crippen LogP contribution in [0.4, 0.5) is 0 Å². The molecule has 1 saturated heterocycles. The maximum atomic E-state index is 12.5. The number of ether oxygens (including phenoxy) is 2. The lowest BCUT2D eigenvalue weighted by Gasteiger charge is -2.38. The number of benzene rings is 1. The summed E-state index contributed by atoms with van der Waals surface area (Å²) in [7, 11) is 1.61. The molecular weight excluding hydrogens is 310 g/mol. The fourth-order valence-corrected chi connectivity index (χ4v) is 2.90. The number of hydrogen-bond acceptors (Lipinski definition) is 6. The van der Waals surface area contributed by atoms with E-state index in [9.17, 15) is 4.79 Å². The Bertz CT molecular complexity index is 688. The average molecular weight is 331 g/mol. The molecule has 2 atom stereocenters. The Hall–Kier alpha value is -2.41. The highest BCUT2D eigenvalue weighted by molar-refractivity contribution is 5.78. The van der Waals surface area contributed by atoms with E-state index in [4.69, 9.17) is 14.0 Å². The van der Waals surface area contributed by atoms with Gasteiger partial charge >= 0.3 is 0 Å². The van der Waals surface area contributed by atoms with Crippen molar-refractivity contribution in [3.8, 4) is 17.1 Å². The lowest BCUT2D eigenvalue weighted by Crippen LogP contribution is -2.53. The summed E-state index contributed by atoms with van der Waals surface area (Å²) >= 11 is 0. The molecule has 7 nitrogen and oxygen atoms in total. The zero-order chi connectivity index (χ0) is 17.1. The second kappa shape index (κ2) is 7.00. The number of hydrogen-bond donors (Lipinski definition) is 0. The van der Waals surface area contributed by atoms with Crippen molar-refractivity contribution in [1.29, 1.82) is 0 Å². The van der Waals surface area contributed by atoms with E-state index >= 15 is 0 Å². The molecule has 2 unspecified atom stereocenters. The predicted octanol–water partition coefficient (Wildman–Crippen LogP) is 1.92. The van der Waals surface area contributed by atoms with Crippen LogP contribution >= 0.6 is 0 Å². The Morgan fingerprint density at radius 2 is 1.92 bits per heavy atom. The first-order valence-electron chi connectivity index (χ1n) is 7.94. The van der Waals surface area contributed by atoms with Gasteiger partial charge in [0.05, 0.1) is 32.4 Å². The molecule has 0 radical (unpaired) electrons. The van der Waals surface area contributed by atoms with Gasteiger partial charge in [-0.1, -0.05) is 5.16 Å². The minimum absolute atomic E-state index is 0.0248. The fourth-order valence-electron chi connectivity index (χ4n) is 2.90. The summed E-state index contributed by atoms with van der Waals surface area (Å²) in [5.41, 5.74) is 0.811. The maximum Gasteiger partial charge on any atom is 0.236 e. The molecule has 0 N–H and O–H groups in total. The van der Waals surface area contributed by atoms with E-state index < -0.39 is 0 Å². The van der Waals surface area contributed by atoms with E-state index in [-0.39, 0.29) is 24.4 Å². The molecule has 2 aromatic rings. The minimum Gasteiger partial charge on any atom is -0.497 e. The summed E-state index contributed by atoms with van der Waals surface area (Å²) in [6.45, 7) is 5.06. The van der Waals surface area contributed by atoms with Crippen molar-refractivity contribution in [3.63, 3.8) is 0 Å². The fraction of sp³-hybridized carbons (Fsp3) is 0.471. The third-order valence-corrected chi connectivity index (χ3v) is 4.07. The Kier molecular flexibility index (Phi) is 4.80. The van der Waals surface area contributed by atoms with Gasteiger partial charge in [0.2, 0.25) is 17.6 Å². The summed E-state index contributed by atoms with van der Waals surface area (Å²) in [4.78, 5) is 18.7. The van der Waals surface area contributed by atoms with Gasteiger partial charge in [0.1, 0.15) is 12.2 Å². The Balaban J connectivity index is 1.70. The predicted molar refractivity (Wildman–Crippen MR) is 86.6 cm³/mol. The van der Waals surface area contributed by atoms with E-state index in [1.54, 1.807) is 7.11 Å². The molecule has 0 aliphatic carbocycles. The van der Waals surface area contributed by atoms with E-state index in [2.05, 4.69) is 10.1 Å². The first-order valence-corrected chi connectivity index (χ1v) is 7.94. The highest BCUT2D eigenvalue weighted by Gasteiger charge is 2.30. The van der Waals surface area contributed by atoms with Crippen molar-refractivity contribution in [2.45, 2.75) is 32.4 Å². The minimum atomic E-state index is -0.0248. The van der Waals surface area contributed by atoms with Crippen LogP contribution in [-0.4, -0.2) is 53.4 Å². The molecular formula is C17H21N3O4. The summed E-state index contributed by atoms with van der Waals surface area (Å²) in [5.74, 6) is 1.51. The van der Waals surface area contributed by atoms with Crippen LogP contribution < -0.4 is 4.74 Å². The van der Waals surface area contributed by atoms with Crippen LogP contribution in [-0.2, 0) is 16.0 Å². The molecule has 0 spiro atoms. The lowest BCUT2D eigenvalue weighted by molar-refractivity contribution is -0.143. The molecule has 3 rings (SSSR count). The largest absolute Gasteiger partial charge is 0.497 e. The molecule has 1 aromatic carbocycles. The molecule has 0 bridgehead atoms. The second-order valence-electron chi connectivity index (χ2n) is 5.95. The third-order valence-electron chi connectivity index (χ3n) is 4.07. The molecule has 1 aliphatic rings. The molecule has 1 fully saturated rings. The average Bonchev–Trinajstić information content (AvgIpc) is 3.03. The second-order valence-corrected chi connectivity index (χ2v) is 5.95. The highest BCUT2D eigenvalue weighted by Crippen LogP contribution is 2.20. The number of carbonyl (C=O) groups is 1. The topological polar surface area (TPSA) is 77.7 Å². The number of carbonyl (C=O) groups excluding carboxylic acids is 1. The van der Waals surface area contributed by atoms with Gasteiger partial charge in [-0.2, -0.15) is 4.98 Å². The van der Waals surface area contributed by atoms with Crippen LogP contribution in [0.3, 0.4) is 0 Å². The molecule has 2 heterocycles. The molecule has 7 heteroatoms. The first kappa shape index (κ1) is 16.4. The normalized spacial score (nSPS) is 20.9. The molecule has 0 saturated carbocycles. The quantitative estimate of drug-likeness (QED) is 0.852. The van der Waals surface area contributed by atoms with Crippen molar-refractivity contribution >= 4 is 5.91 Å². The summed E-state index contributed by atoms with van der Waals surface area (Å²) in [6, 6.07) is 7.44. The molecule has 128 valence electrons. The third kappa shape index (κ3) is 3.41. The van der Waals surface area contributed by atoms with E-state index in [0.29, 0.717) is 24.9 Å². The highest BCUT2D eigenvalue weighted by atomic mass is 16.5. The molecule has 24 heavy (non-hydrogen) atoms. The number of methoxy groups -OCH3 is 1. The van der Waals surface area contributed by atoms with Gasteiger partial charge in [0.25, 0.3) is 0 Å². The first-order chi connectivity index (χ1) is 11.6. The Morgan fingerprint density at radius 1 is 1.25 bits per heavy atom. The molecule has 1 aliphatic heterocycles. The summed E-state index contributed by atoms with van der Waals surface area (Å²) in [5, 5.41) is 3.96. The van der Waals surface area contributed by atoms with Crippen LogP contribution in [0.25, 0.3) is 11.4 Å². The van der Waals surface area contributed by atoms with E-state index in [0.717, 1.165) is 11.3 Å². The number of rotatable bonds is 4. The number of aromatic nitrogens is 2. The van der Waals surface area contributed by atoms with Gasteiger partial charge in [0, 0.05) is 5.56 Å². The van der Waals surface area contributed by atoms with Gasteiger partial charge in [-0.15, -0.1) is 0 Å². The van der Waals surface area contributed by atoms with Crippen LogP contribution in [0.5, 0.6) is 5.75 Å². The van der Waals surface area contributed by atoms with Gasteiger partial charge in [-0.25, -0.2) is 0 Å². The monoisotopic (exact) mass is 331 g/mol. The van der Waals surface area contributed by atoms with Crippen molar-refractivity contribution in [1.82, 2.24) is 15.0 Å². The summed E-state index contributed by atoms with van der Waals surface area (Å²) in [6.07, 6.45) is 0.0951. The molecule has 1 aromatic heterocycles. The van der Waals surface area contributed by atoms with Crippen molar-refractivity contribution < 1.29 is 18.8 Å². The van der Waals surface area contributed by atoms with Crippen molar-refractivity contribution in [3.05, 3.63) is 30.2 Å². The number of morpholine rings is 1. The van der Waals surface area contributed by atoms with Crippen LogP contribution in [0, 0.1) is 0 Å². The van der Waals surface area contributed by atoms with Crippen LogP contribution in [0.1, 0.15) is 19.7 Å². The van der Waals surface area contributed by atoms with Crippen LogP contribution in [0.15, 0.2) is 28.8 Å². The lowest BCUT2D eigenvalue weighted by atomic mass is 10.1. The maximum absolute atomic E-state index is 12.5. The van der Waals surface area contributed by atoms with Crippen LogP contribution in [0.2, 0.25) is 0 Å². The summed E-state index contributed by atoms with van der Waals surface area (Å²) < 4.78 is 15.8. The van der Waals surface area contributed by atoms with E-state index in [1.807, 2.05) is 43.0 Å². The zero-order valence-corrected chi connectivity index (χ0v) is 14.1. The van der Waals surface area contributed by atoms with Gasteiger partial charge < -0.3 is 18.9 Å². The number of amides is 1. The van der Waals surface area contributed by atoms with Gasteiger partial charge in [-0.05, 0) is 38.1 Å².